The van der Waals surface area contributed by atoms with E-state index in [1.54, 1.807) is 25.1 Å². The summed E-state index contributed by atoms with van der Waals surface area (Å²) in [7, 11) is 0. The SMILES string of the molecule is Cc1cc(C)cc(OCC(=O)N(Cc2c(Cl)cccc2Cl)[C@H](C)C(=O)NCC(C)C)c1. The van der Waals surface area contributed by atoms with Crippen molar-refractivity contribution < 1.29 is 14.3 Å². The van der Waals surface area contributed by atoms with Crippen LogP contribution in [0.5, 0.6) is 5.75 Å². The maximum Gasteiger partial charge on any atom is 0.261 e. The number of benzene rings is 2. The highest BCUT2D eigenvalue weighted by molar-refractivity contribution is 6.36. The average molecular weight is 465 g/mol. The second-order valence-corrected chi connectivity index (χ2v) is 8.96. The molecule has 0 heterocycles. The van der Waals surface area contributed by atoms with Crippen LogP contribution in [0.3, 0.4) is 0 Å². The predicted octanol–water partition coefficient (Wildman–Crippen LogP) is 5.18. The number of hydrogen-bond donors (Lipinski definition) is 1. The number of aryl methyl sites for hydroxylation is 2. The Morgan fingerprint density at radius 1 is 1.03 bits per heavy atom. The minimum atomic E-state index is -0.721. The van der Waals surface area contributed by atoms with Crippen molar-refractivity contribution >= 4 is 35.0 Å². The van der Waals surface area contributed by atoms with Gasteiger partial charge >= 0.3 is 0 Å². The number of nitrogens with zero attached hydrogens (tertiary/aromatic N) is 1. The predicted molar refractivity (Wildman–Crippen MR) is 126 cm³/mol. The fraction of sp³-hybridized carbons (Fsp3) is 0.417. The Balaban J connectivity index is 2.22. The zero-order valence-corrected chi connectivity index (χ0v) is 20.2. The van der Waals surface area contributed by atoms with Gasteiger partial charge in [-0.3, -0.25) is 9.59 Å². The van der Waals surface area contributed by atoms with Gasteiger partial charge in [0.2, 0.25) is 5.91 Å². The maximum atomic E-state index is 13.1. The van der Waals surface area contributed by atoms with Crippen molar-refractivity contribution in [1.29, 1.82) is 0 Å². The number of rotatable bonds is 9. The zero-order chi connectivity index (χ0) is 23.1. The van der Waals surface area contributed by atoms with Crippen LogP contribution < -0.4 is 10.1 Å². The Morgan fingerprint density at radius 3 is 2.16 bits per heavy atom. The van der Waals surface area contributed by atoms with Crippen molar-refractivity contribution in [1.82, 2.24) is 10.2 Å². The molecule has 0 fully saturated rings. The van der Waals surface area contributed by atoms with E-state index in [0.29, 0.717) is 33.8 Å². The highest BCUT2D eigenvalue weighted by Crippen LogP contribution is 2.26. The lowest BCUT2D eigenvalue weighted by Gasteiger charge is -2.29. The van der Waals surface area contributed by atoms with E-state index in [4.69, 9.17) is 27.9 Å². The lowest BCUT2D eigenvalue weighted by molar-refractivity contribution is -0.142. The minimum absolute atomic E-state index is 0.101. The Hall–Kier alpha value is -2.24. The molecule has 0 bridgehead atoms. The Labute approximate surface area is 194 Å². The fourth-order valence-electron chi connectivity index (χ4n) is 3.13. The Kier molecular flexibility index (Phi) is 9.20. The van der Waals surface area contributed by atoms with Gasteiger partial charge in [-0.05, 0) is 62.1 Å². The fourth-order valence-corrected chi connectivity index (χ4v) is 3.65. The normalized spacial score (nSPS) is 11.9. The third-order valence-corrected chi connectivity index (χ3v) is 5.51. The van der Waals surface area contributed by atoms with Crippen LogP contribution in [0, 0.1) is 19.8 Å². The molecule has 0 saturated heterocycles. The van der Waals surface area contributed by atoms with E-state index >= 15 is 0 Å². The standard InChI is InChI=1S/C24H30Cl2N2O3/c1-15(2)12-27-24(30)18(5)28(13-20-21(25)7-6-8-22(20)26)23(29)14-31-19-10-16(3)9-17(4)11-19/h6-11,15,18H,12-14H2,1-5H3,(H,27,30)/t18-/m1/s1. The summed E-state index contributed by atoms with van der Waals surface area (Å²) in [5, 5.41) is 3.76. The number of hydrogen-bond acceptors (Lipinski definition) is 3. The molecule has 0 aliphatic heterocycles. The summed E-state index contributed by atoms with van der Waals surface area (Å²) in [5.74, 6) is 0.337. The van der Waals surface area contributed by atoms with Gasteiger partial charge in [0.05, 0.1) is 0 Å². The molecule has 5 nitrogen and oxygen atoms in total. The number of nitrogens with one attached hydrogen (secondary N) is 1. The average Bonchev–Trinajstić information content (AvgIpc) is 2.69. The lowest BCUT2D eigenvalue weighted by Crippen LogP contribution is -2.49. The first kappa shape index (κ1) is 25.0. The molecular weight excluding hydrogens is 435 g/mol. The van der Waals surface area contributed by atoms with Crippen molar-refractivity contribution in [2.45, 2.75) is 47.2 Å². The summed E-state index contributed by atoms with van der Waals surface area (Å²) < 4.78 is 5.75. The molecule has 0 aromatic heterocycles. The molecular formula is C24H30Cl2N2O3. The molecule has 168 valence electrons. The Morgan fingerprint density at radius 2 is 1.61 bits per heavy atom. The van der Waals surface area contributed by atoms with Crippen LogP contribution in [0.4, 0.5) is 0 Å². The molecule has 0 unspecified atom stereocenters. The van der Waals surface area contributed by atoms with Crippen molar-refractivity contribution in [2.75, 3.05) is 13.2 Å². The molecule has 0 aliphatic carbocycles. The summed E-state index contributed by atoms with van der Waals surface area (Å²) in [6.45, 7) is 10.1. The van der Waals surface area contributed by atoms with E-state index in [9.17, 15) is 9.59 Å². The van der Waals surface area contributed by atoms with Crippen LogP contribution in [0.15, 0.2) is 36.4 Å². The van der Waals surface area contributed by atoms with Crippen molar-refractivity contribution in [3.8, 4) is 5.75 Å². The van der Waals surface area contributed by atoms with Gasteiger partial charge in [-0.15, -0.1) is 0 Å². The van der Waals surface area contributed by atoms with Crippen molar-refractivity contribution in [3.05, 3.63) is 63.1 Å². The first-order valence-electron chi connectivity index (χ1n) is 10.3. The molecule has 0 radical (unpaired) electrons. The zero-order valence-electron chi connectivity index (χ0n) is 18.7. The quantitative estimate of drug-likeness (QED) is 0.555. The molecule has 7 heteroatoms. The van der Waals surface area contributed by atoms with Crippen LogP contribution in [0.1, 0.15) is 37.5 Å². The van der Waals surface area contributed by atoms with Gasteiger partial charge < -0.3 is 15.0 Å². The smallest absolute Gasteiger partial charge is 0.261 e. The number of carbonyl (C=O) groups excluding carboxylic acids is 2. The second-order valence-electron chi connectivity index (χ2n) is 8.15. The number of amides is 2. The van der Waals surface area contributed by atoms with Gasteiger partial charge in [-0.1, -0.05) is 49.2 Å². The molecule has 0 saturated carbocycles. The van der Waals surface area contributed by atoms with Gasteiger partial charge in [0.1, 0.15) is 11.8 Å². The number of halogens is 2. The minimum Gasteiger partial charge on any atom is -0.484 e. The largest absolute Gasteiger partial charge is 0.484 e. The van der Waals surface area contributed by atoms with Gasteiger partial charge in [0.25, 0.3) is 5.91 Å². The highest BCUT2D eigenvalue weighted by atomic mass is 35.5. The summed E-state index contributed by atoms with van der Waals surface area (Å²) in [6, 6.07) is 10.2. The monoisotopic (exact) mass is 464 g/mol. The molecule has 2 amide bonds. The highest BCUT2D eigenvalue weighted by Gasteiger charge is 2.28. The van der Waals surface area contributed by atoms with E-state index in [2.05, 4.69) is 5.32 Å². The summed E-state index contributed by atoms with van der Waals surface area (Å²) in [6.07, 6.45) is 0. The van der Waals surface area contributed by atoms with Crippen LogP contribution in [0.2, 0.25) is 10.0 Å². The van der Waals surface area contributed by atoms with E-state index in [1.165, 1.54) is 4.90 Å². The van der Waals surface area contributed by atoms with Gasteiger partial charge in [0, 0.05) is 28.7 Å². The van der Waals surface area contributed by atoms with E-state index in [1.807, 2.05) is 45.9 Å². The van der Waals surface area contributed by atoms with Crippen LogP contribution in [-0.4, -0.2) is 35.9 Å². The molecule has 2 aromatic carbocycles. The molecule has 0 aliphatic rings. The van der Waals surface area contributed by atoms with Crippen LogP contribution >= 0.6 is 23.2 Å². The van der Waals surface area contributed by atoms with Crippen LogP contribution in [-0.2, 0) is 16.1 Å². The summed E-state index contributed by atoms with van der Waals surface area (Å²) in [5.41, 5.74) is 2.68. The number of ether oxygens (including phenoxy) is 1. The topological polar surface area (TPSA) is 58.6 Å². The van der Waals surface area contributed by atoms with Gasteiger partial charge in [-0.25, -0.2) is 0 Å². The third-order valence-electron chi connectivity index (χ3n) is 4.80. The van der Waals surface area contributed by atoms with E-state index < -0.39 is 6.04 Å². The third kappa shape index (κ3) is 7.44. The maximum absolute atomic E-state index is 13.1. The molecule has 2 rings (SSSR count). The Bertz CT molecular complexity index is 891. The first-order valence-corrected chi connectivity index (χ1v) is 11.0. The molecule has 0 spiro atoms. The molecule has 1 N–H and O–H groups in total. The van der Waals surface area contributed by atoms with Crippen LogP contribution in [0.25, 0.3) is 0 Å². The van der Waals surface area contributed by atoms with E-state index in [-0.39, 0.29) is 25.0 Å². The summed E-state index contributed by atoms with van der Waals surface area (Å²) >= 11 is 12.6. The molecule has 1 atom stereocenters. The lowest BCUT2D eigenvalue weighted by atomic mass is 10.1. The summed E-state index contributed by atoms with van der Waals surface area (Å²) in [4.78, 5) is 27.3. The number of carbonyl (C=O) groups is 2. The van der Waals surface area contributed by atoms with E-state index in [0.717, 1.165) is 11.1 Å². The van der Waals surface area contributed by atoms with Gasteiger partial charge in [-0.2, -0.15) is 0 Å². The first-order chi connectivity index (χ1) is 14.6. The molecule has 31 heavy (non-hydrogen) atoms. The molecule has 2 aromatic rings. The van der Waals surface area contributed by atoms with Gasteiger partial charge in [0.15, 0.2) is 6.61 Å². The van der Waals surface area contributed by atoms with Crippen molar-refractivity contribution in [3.63, 3.8) is 0 Å². The van der Waals surface area contributed by atoms with Crippen molar-refractivity contribution in [2.24, 2.45) is 5.92 Å². The second kappa shape index (κ2) is 11.4.